The van der Waals surface area contributed by atoms with Crippen LogP contribution in [0.1, 0.15) is 10.5 Å². The summed E-state index contributed by atoms with van der Waals surface area (Å²) in [6, 6.07) is 0. The molecule has 94 valence electrons. The molecule has 0 aromatic carbocycles. The first-order chi connectivity index (χ1) is 9.24. The maximum atomic E-state index is 11.8. The second kappa shape index (κ2) is 4.58. The number of hydrogen-bond acceptors (Lipinski definition) is 6. The Morgan fingerprint density at radius 3 is 2.95 bits per heavy atom. The van der Waals surface area contributed by atoms with Crippen molar-refractivity contribution in [3.8, 4) is 0 Å². The maximum absolute atomic E-state index is 11.8. The molecule has 9 heteroatoms. The van der Waals surface area contributed by atoms with Crippen molar-refractivity contribution in [2.45, 2.75) is 0 Å². The fraction of sp³-hybridized carbons (Fsp3) is 0. The van der Waals surface area contributed by atoms with E-state index in [4.69, 9.17) is 11.6 Å². The summed E-state index contributed by atoms with van der Waals surface area (Å²) < 4.78 is 0. The molecule has 0 saturated heterocycles. The van der Waals surface area contributed by atoms with E-state index in [9.17, 15) is 4.79 Å². The van der Waals surface area contributed by atoms with Gasteiger partial charge in [0, 0.05) is 12.4 Å². The molecule has 0 saturated carbocycles. The lowest BCUT2D eigenvalue weighted by Crippen LogP contribution is -2.16. The van der Waals surface area contributed by atoms with Gasteiger partial charge in [-0.3, -0.25) is 15.1 Å². The highest BCUT2D eigenvalue weighted by atomic mass is 35.5. The summed E-state index contributed by atoms with van der Waals surface area (Å²) in [5.41, 5.74) is 1.04. The van der Waals surface area contributed by atoms with E-state index in [-0.39, 0.29) is 16.8 Å². The van der Waals surface area contributed by atoms with E-state index in [0.717, 1.165) is 0 Å². The van der Waals surface area contributed by atoms with Gasteiger partial charge in [0.1, 0.15) is 11.2 Å². The number of anilines is 1. The Balaban J connectivity index is 1.91. The predicted molar refractivity (Wildman–Crippen MR) is 66.7 cm³/mol. The molecule has 1 amide bonds. The number of nitrogens with zero attached hydrogens (tertiary/aromatic N) is 5. The topological polar surface area (TPSA) is 109 Å². The number of amides is 1. The Morgan fingerprint density at radius 1 is 1.26 bits per heavy atom. The summed E-state index contributed by atoms with van der Waals surface area (Å²) in [7, 11) is 0. The summed E-state index contributed by atoms with van der Waals surface area (Å²) in [5.74, 6) is -0.417. The van der Waals surface area contributed by atoms with Gasteiger partial charge < -0.3 is 4.98 Å². The minimum absolute atomic E-state index is 0.0558. The van der Waals surface area contributed by atoms with Crippen LogP contribution in [0.25, 0.3) is 11.2 Å². The van der Waals surface area contributed by atoms with Gasteiger partial charge in [-0.25, -0.2) is 9.97 Å². The summed E-state index contributed by atoms with van der Waals surface area (Å²) >= 11 is 5.93. The Kier molecular flexibility index (Phi) is 2.76. The average Bonchev–Trinajstić information content (AvgIpc) is 2.88. The van der Waals surface area contributed by atoms with Gasteiger partial charge in [-0.1, -0.05) is 11.6 Å². The maximum Gasteiger partial charge on any atom is 0.278 e. The van der Waals surface area contributed by atoms with Crippen LogP contribution in [0.2, 0.25) is 5.15 Å². The number of hydrogen-bond donors (Lipinski definition) is 2. The number of carbonyl (C=O) groups excluding carboxylic acids is 1. The molecular weight excluding hydrogens is 270 g/mol. The van der Waals surface area contributed by atoms with E-state index in [1.807, 2.05) is 0 Å². The number of nitrogens with one attached hydrogen (secondary N) is 2. The standard InChI is InChI=1S/C10H6ClN7O/c11-7-6-8(15-4-14-6)17-10(16-7)18-9(19)5-3-12-1-2-13-5/h1-4H,(H2,14,15,16,17,18,19). The van der Waals surface area contributed by atoms with E-state index in [0.29, 0.717) is 11.2 Å². The molecule has 3 aromatic rings. The van der Waals surface area contributed by atoms with Gasteiger partial charge in [0.2, 0.25) is 5.95 Å². The van der Waals surface area contributed by atoms with Crippen LogP contribution in [0.4, 0.5) is 5.95 Å². The molecule has 19 heavy (non-hydrogen) atoms. The zero-order valence-electron chi connectivity index (χ0n) is 9.33. The van der Waals surface area contributed by atoms with Gasteiger partial charge in [0.15, 0.2) is 10.8 Å². The Bertz CT molecular complexity index is 742. The van der Waals surface area contributed by atoms with Gasteiger partial charge in [0.25, 0.3) is 5.91 Å². The number of aromatic amines is 1. The molecule has 3 rings (SSSR count). The first-order valence-corrected chi connectivity index (χ1v) is 5.56. The quantitative estimate of drug-likeness (QED) is 0.677. The molecule has 0 spiro atoms. The molecule has 0 aliphatic heterocycles. The van der Waals surface area contributed by atoms with Crippen molar-refractivity contribution < 1.29 is 4.79 Å². The third-order valence-electron chi connectivity index (χ3n) is 2.26. The normalized spacial score (nSPS) is 10.6. The van der Waals surface area contributed by atoms with E-state index in [2.05, 4.69) is 35.2 Å². The van der Waals surface area contributed by atoms with Crippen molar-refractivity contribution in [3.05, 3.63) is 35.8 Å². The van der Waals surface area contributed by atoms with Crippen LogP contribution in [0.3, 0.4) is 0 Å². The first kappa shape index (κ1) is 11.5. The van der Waals surface area contributed by atoms with Crippen molar-refractivity contribution >= 4 is 34.6 Å². The van der Waals surface area contributed by atoms with Crippen LogP contribution in [0.15, 0.2) is 24.9 Å². The molecule has 2 N–H and O–H groups in total. The van der Waals surface area contributed by atoms with Crippen molar-refractivity contribution in [1.82, 2.24) is 29.9 Å². The summed E-state index contributed by atoms with van der Waals surface area (Å²) in [6.07, 6.45) is 5.67. The number of rotatable bonds is 2. The third-order valence-corrected chi connectivity index (χ3v) is 2.54. The lowest BCUT2D eigenvalue weighted by atomic mass is 10.4. The fourth-order valence-corrected chi connectivity index (χ4v) is 1.65. The monoisotopic (exact) mass is 275 g/mol. The zero-order chi connectivity index (χ0) is 13.2. The van der Waals surface area contributed by atoms with Crippen LogP contribution >= 0.6 is 11.6 Å². The van der Waals surface area contributed by atoms with Crippen LogP contribution < -0.4 is 5.32 Å². The highest BCUT2D eigenvalue weighted by Gasteiger charge is 2.12. The fourth-order valence-electron chi connectivity index (χ4n) is 1.44. The van der Waals surface area contributed by atoms with Gasteiger partial charge in [-0.15, -0.1) is 0 Å². The number of imidazole rings is 1. The number of aromatic nitrogens is 6. The highest BCUT2D eigenvalue weighted by molar-refractivity contribution is 6.33. The highest BCUT2D eigenvalue weighted by Crippen LogP contribution is 2.18. The summed E-state index contributed by atoms with van der Waals surface area (Å²) in [6.45, 7) is 0. The van der Waals surface area contributed by atoms with Crippen molar-refractivity contribution in [2.75, 3.05) is 5.32 Å². The minimum Gasteiger partial charge on any atom is -0.341 e. The van der Waals surface area contributed by atoms with Crippen LogP contribution in [-0.4, -0.2) is 35.8 Å². The summed E-state index contributed by atoms with van der Waals surface area (Å²) in [4.78, 5) is 34.2. The van der Waals surface area contributed by atoms with Crippen LogP contribution in [0, 0.1) is 0 Å². The number of fused-ring (bicyclic) bond motifs is 1. The molecule has 3 heterocycles. The van der Waals surface area contributed by atoms with E-state index < -0.39 is 5.91 Å². The molecule has 0 aliphatic rings. The van der Waals surface area contributed by atoms with Crippen LogP contribution in [-0.2, 0) is 0 Å². The van der Waals surface area contributed by atoms with E-state index in [1.165, 1.54) is 24.9 Å². The number of H-pyrrole nitrogens is 1. The Morgan fingerprint density at radius 2 is 2.16 bits per heavy atom. The molecule has 3 aromatic heterocycles. The lowest BCUT2D eigenvalue weighted by molar-refractivity contribution is 0.102. The minimum atomic E-state index is -0.473. The van der Waals surface area contributed by atoms with Crippen LogP contribution in [0.5, 0.6) is 0 Å². The second-order valence-corrected chi connectivity index (χ2v) is 3.84. The molecule has 8 nitrogen and oxygen atoms in total. The Hall–Kier alpha value is -2.61. The zero-order valence-corrected chi connectivity index (χ0v) is 10.1. The molecule has 0 aliphatic carbocycles. The van der Waals surface area contributed by atoms with Gasteiger partial charge in [-0.2, -0.15) is 9.97 Å². The third kappa shape index (κ3) is 2.20. The predicted octanol–water partition coefficient (Wildman–Crippen LogP) is 1.05. The first-order valence-electron chi connectivity index (χ1n) is 5.18. The Labute approximate surface area is 111 Å². The molecule has 0 radical (unpaired) electrons. The summed E-state index contributed by atoms with van der Waals surface area (Å²) in [5, 5.41) is 2.66. The molecular formula is C10H6ClN7O. The number of carbonyl (C=O) groups is 1. The second-order valence-electron chi connectivity index (χ2n) is 3.48. The van der Waals surface area contributed by atoms with Gasteiger partial charge >= 0.3 is 0 Å². The van der Waals surface area contributed by atoms with Gasteiger partial charge in [0.05, 0.1) is 12.5 Å². The molecule has 0 fully saturated rings. The van der Waals surface area contributed by atoms with Crippen molar-refractivity contribution in [3.63, 3.8) is 0 Å². The van der Waals surface area contributed by atoms with Gasteiger partial charge in [-0.05, 0) is 0 Å². The van der Waals surface area contributed by atoms with E-state index in [1.54, 1.807) is 0 Å². The largest absolute Gasteiger partial charge is 0.341 e. The molecule has 0 atom stereocenters. The SMILES string of the molecule is O=C(Nc1nc(Cl)c2[nH]cnc2n1)c1cnccn1. The number of halogens is 1. The van der Waals surface area contributed by atoms with Crippen molar-refractivity contribution in [2.24, 2.45) is 0 Å². The van der Waals surface area contributed by atoms with Crippen molar-refractivity contribution in [1.29, 1.82) is 0 Å². The molecule has 0 unspecified atom stereocenters. The average molecular weight is 276 g/mol. The smallest absolute Gasteiger partial charge is 0.278 e. The van der Waals surface area contributed by atoms with E-state index >= 15 is 0 Å². The lowest BCUT2D eigenvalue weighted by Gasteiger charge is -2.02. The molecule has 0 bridgehead atoms.